The van der Waals surface area contributed by atoms with Gasteiger partial charge in [-0.2, -0.15) is 4.98 Å². The molecule has 0 atom stereocenters. The minimum atomic E-state index is -3.08. The van der Waals surface area contributed by atoms with Gasteiger partial charge in [0.15, 0.2) is 5.82 Å². The van der Waals surface area contributed by atoms with E-state index in [-0.39, 0.29) is 5.92 Å². The summed E-state index contributed by atoms with van der Waals surface area (Å²) in [5.41, 5.74) is 0. The van der Waals surface area contributed by atoms with Crippen LogP contribution in [0.4, 0.5) is 0 Å². The highest BCUT2D eigenvalue weighted by Gasteiger charge is 2.28. The van der Waals surface area contributed by atoms with Gasteiger partial charge >= 0.3 is 0 Å². The number of hydrogen-bond acceptors (Lipinski definition) is 6. The quantitative estimate of drug-likeness (QED) is 0.826. The Hall–Kier alpha value is -0.990. The molecule has 1 fully saturated rings. The van der Waals surface area contributed by atoms with E-state index in [0.717, 1.165) is 12.8 Å². The second kappa shape index (κ2) is 5.33. The number of sulfonamides is 1. The normalized spacial score (nSPS) is 19.2. The van der Waals surface area contributed by atoms with E-state index in [1.165, 1.54) is 10.6 Å². The summed E-state index contributed by atoms with van der Waals surface area (Å²) in [7, 11) is -1.26. The Bertz CT molecular complexity index is 491. The van der Waals surface area contributed by atoms with Gasteiger partial charge in [0.05, 0.1) is 12.8 Å². The number of nitrogens with one attached hydrogen (secondary N) is 1. The fourth-order valence-corrected chi connectivity index (χ4v) is 2.98. The second-order valence-electron chi connectivity index (χ2n) is 4.51. The summed E-state index contributed by atoms with van der Waals surface area (Å²) in [5, 5.41) is 6.90. The summed E-state index contributed by atoms with van der Waals surface area (Å²) in [6.07, 6.45) is 2.73. The molecule has 0 unspecified atom stereocenters. The van der Waals surface area contributed by atoms with Crippen LogP contribution >= 0.6 is 0 Å². The SMILES string of the molecule is CNCc1nc(C2CCN(S(C)(=O)=O)CC2)no1. The first-order valence-electron chi connectivity index (χ1n) is 5.93. The lowest BCUT2D eigenvalue weighted by atomic mass is 9.98. The molecule has 8 heteroatoms. The summed E-state index contributed by atoms with van der Waals surface area (Å²) >= 11 is 0. The molecule has 7 nitrogen and oxygen atoms in total. The standard InChI is InChI=1S/C10H18N4O3S/c1-11-7-9-12-10(13-17-9)8-3-5-14(6-4-8)18(2,15)16/h8,11H,3-7H2,1-2H3. The van der Waals surface area contributed by atoms with Crippen molar-refractivity contribution >= 4 is 10.0 Å². The van der Waals surface area contributed by atoms with E-state index < -0.39 is 10.0 Å². The minimum Gasteiger partial charge on any atom is -0.338 e. The van der Waals surface area contributed by atoms with Gasteiger partial charge in [-0.25, -0.2) is 12.7 Å². The van der Waals surface area contributed by atoms with Crippen molar-refractivity contribution in [3.05, 3.63) is 11.7 Å². The molecule has 0 saturated carbocycles. The Kier molecular flexibility index (Phi) is 3.98. The fourth-order valence-electron chi connectivity index (χ4n) is 2.10. The van der Waals surface area contributed by atoms with Crippen LogP contribution in [0.15, 0.2) is 4.52 Å². The Morgan fingerprint density at radius 1 is 1.44 bits per heavy atom. The van der Waals surface area contributed by atoms with Crippen molar-refractivity contribution in [1.29, 1.82) is 0 Å². The van der Waals surface area contributed by atoms with Crippen molar-refractivity contribution in [3.8, 4) is 0 Å². The second-order valence-corrected chi connectivity index (χ2v) is 6.50. The number of nitrogens with zero attached hydrogens (tertiary/aromatic N) is 3. The molecule has 0 bridgehead atoms. The molecular formula is C10H18N4O3S. The van der Waals surface area contributed by atoms with Crippen molar-refractivity contribution in [3.63, 3.8) is 0 Å². The van der Waals surface area contributed by atoms with Gasteiger partial charge in [0.2, 0.25) is 15.9 Å². The zero-order chi connectivity index (χ0) is 13.2. The molecule has 1 aromatic heterocycles. The van der Waals surface area contributed by atoms with Crippen LogP contribution < -0.4 is 5.32 Å². The van der Waals surface area contributed by atoms with Gasteiger partial charge in [-0.1, -0.05) is 5.16 Å². The molecule has 1 aromatic rings. The molecule has 2 rings (SSSR count). The van der Waals surface area contributed by atoms with Crippen molar-refractivity contribution in [1.82, 2.24) is 19.8 Å². The van der Waals surface area contributed by atoms with Gasteiger partial charge in [0.25, 0.3) is 0 Å². The van der Waals surface area contributed by atoms with E-state index in [2.05, 4.69) is 15.5 Å². The Balaban J connectivity index is 1.96. The lowest BCUT2D eigenvalue weighted by Gasteiger charge is -2.28. The summed E-state index contributed by atoms with van der Waals surface area (Å²) in [6, 6.07) is 0. The van der Waals surface area contributed by atoms with E-state index >= 15 is 0 Å². The highest BCUT2D eigenvalue weighted by atomic mass is 32.2. The van der Waals surface area contributed by atoms with E-state index in [1.807, 2.05) is 7.05 Å². The van der Waals surface area contributed by atoms with Crippen LogP contribution in [0.5, 0.6) is 0 Å². The van der Waals surface area contributed by atoms with Crippen LogP contribution in [0, 0.1) is 0 Å². The summed E-state index contributed by atoms with van der Waals surface area (Å²) < 4.78 is 29.4. The zero-order valence-electron chi connectivity index (χ0n) is 10.6. The van der Waals surface area contributed by atoms with E-state index in [0.29, 0.717) is 31.3 Å². The van der Waals surface area contributed by atoms with E-state index in [9.17, 15) is 8.42 Å². The lowest BCUT2D eigenvalue weighted by molar-refractivity contribution is 0.306. The van der Waals surface area contributed by atoms with E-state index in [1.54, 1.807) is 0 Å². The van der Waals surface area contributed by atoms with Gasteiger partial charge < -0.3 is 9.84 Å². The monoisotopic (exact) mass is 274 g/mol. The molecule has 0 radical (unpaired) electrons. The van der Waals surface area contributed by atoms with Crippen LogP contribution in [-0.4, -0.2) is 49.3 Å². The van der Waals surface area contributed by atoms with Crippen LogP contribution in [0.2, 0.25) is 0 Å². The average Bonchev–Trinajstić information content (AvgIpc) is 2.77. The molecule has 0 aromatic carbocycles. The molecule has 2 heterocycles. The minimum absolute atomic E-state index is 0.192. The Morgan fingerprint density at radius 3 is 2.67 bits per heavy atom. The molecule has 0 spiro atoms. The van der Waals surface area contributed by atoms with Crippen molar-refractivity contribution in [2.24, 2.45) is 0 Å². The highest BCUT2D eigenvalue weighted by Crippen LogP contribution is 2.26. The van der Waals surface area contributed by atoms with Gasteiger partial charge in [-0.15, -0.1) is 0 Å². The number of aromatic nitrogens is 2. The molecular weight excluding hydrogens is 256 g/mol. The van der Waals surface area contributed by atoms with Gasteiger partial charge in [-0.05, 0) is 19.9 Å². The van der Waals surface area contributed by atoms with Crippen LogP contribution in [0.25, 0.3) is 0 Å². The van der Waals surface area contributed by atoms with Crippen molar-refractivity contribution < 1.29 is 12.9 Å². The van der Waals surface area contributed by atoms with E-state index in [4.69, 9.17) is 4.52 Å². The van der Waals surface area contributed by atoms with Crippen molar-refractivity contribution in [2.75, 3.05) is 26.4 Å². The highest BCUT2D eigenvalue weighted by molar-refractivity contribution is 7.88. The molecule has 1 N–H and O–H groups in total. The largest absolute Gasteiger partial charge is 0.338 e. The maximum atomic E-state index is 11.4. The maximum absolute atomic E-state index is 11.4. The Morgan fingerprint density at radius 2 is 2.11 bits per heavy atom. The fraction of sp³-hybridized carbons (Fsp3) is 0.800. The first kappa shape index (κ1) is 13.4. The third-order valence-corrected chi connectivity index (χ3v) is 4.40. The van der Waals surface area contributed by atoms with Crippen molar-refractivity contribution in [2.45, 2.75) is 25.3 Å². The van der Waals surface area contributed by atoms with Crippen LogP contribution in [0.1, 0.15) is 30.5 Å². The topological polar surface area (TPSA) is 88.3 Å². The lowest BCUT2D eigenvalue weighted by Crippen LogP contribution is -2.37. The Labute approximate surface area is 107 Å². The number of piperidine rings is 1. The molecule has 102 valence electrons. The predicted octanol–water partition coefficient (Wildman–Crippen LogP) is -0.0720. The van der Waals surface area contributed by atoms with Crippen LogP contribution in [-0.2, 0) is 16.6 Å². The number of hydrogen-bond donors (Lipinski definition) is 1. The third kappa shape index (κ3) is 3.06. The molecule has 1 saturated heterocycles. The van der Waals surface area contributed by atoms with Gasteiger partial charge in [0, 0.05) is 19.0 Å². The molecule has 0 amide bonds. The first-order valence-corrected chi connectivity index (χ1v) is 7.77. The number of rotatable bonds is 4. The molecule has 1 aliphatic heterocycles. The predicted molar refractivity (Wildman–Crippen MR) is 65.5 cm³/mol. The maximum Gasteiger partial charge on any atom is 0.240 e. The average molecular weight is 274 g/mol. The smallest absolute Gasteiger partial charge is 0.240 e. The van der Waals surface area contributed by atoms with Crippen LogP contribution in [0.3, 0.4) is 0 Å². The summed E-state index contributed by atoms with van der Waals surface area (Å²) in [4.78, 5) is 4.30. The molecule has 1 aliphatic rings. The zero-order valence-corrected chi connectivity index (χ0v) is 11.4. The third-order valence-electron chi connectivity index (χ3n) is 3.10. The summed E-state index contributed by atoms with van der Waals surface area (Å²) in [6.45, 7) is 1.61. The molecule has 18 heavy (non-hydrogen) atoms. The summed E-state index contributed by atoms with van der Waals surface area (Å²) in [5.74, 6) is 1.45. The van der Waals surface area contributed by atoms with Gasteiger partial charge in [-0.3, -0.25) is 0 Å². The first-order chi connectivity index (χ1) is 8.50. The van der Waals surface area contributed by atoms with Gasteiger partial charge in [0.1, 0.15) is 0 Å². The molecule has 0 aliphatic carbocycles.